The summed E-state index contributed by atoms with van der Waals surface area (Å²) in [4.78, 5) is 37.8. The number of imide groups is 1. The van der Waals surface area contributed by atoms with Crippen LogP contribution in [0.4, 0.5) is 0 Å². The second-order valence-corrected chi connectivity index (χ2v) is 6.64. The summed E-state index contributed by atoms with van der Waals surface area (Å²) in [7, 11) is 0. The molecule has 1 saturated heterocycles. The summed E-state index contributed by atoms with van der Waals surface area (Å²) >= 11 is 7.14. The van der Waals surface area contributed by atoms with E-state index in [0.717, 1.165) is 4.90 Å². The van der Waals surface area contributed by atoms with Gasteiger partial charge in [-0.2, -0.15) is 0 Å². The minimum absolute atomic E-state index is 0.0985. The summed E-state index contributed by atoms with van der Waals surface area (Å²) in [6.07, 6.45) is 0. The number of rotatable bonds is 3. The number of piperazine rings is 1. The van der Waals surface area contributed by atoms with Crippen LogP contribution < -0.4 is 5.32 Å². The SMILES string of the molecule is CC1(C)C(=O)NC(=O)CN1C(=O)CSc1ccc(Cl)cc1. The Labute approximate surface area is 132 Å². The Bertz CT molecular complexity index is 586. The van der Waals surface area contributed by atoms with Crippen molar-refractivity contribution < 1.29 is 14.4 Å². The standard InChI is InChI=1S/C14H15ClN2O3S/c1-14(2)13(20)16-11(18)7-17(14)12(19)8-21-10-5-3-9(15)4-6-10/h3-6H,7-8H2,1-2H3,(H,16,18,20). The van der Waals surface area contributed by atoms with E-state index in [4.69, 9.17) is 11.6 Å². The van der Waals surface area contributed by atoms with Crippen LogP contribution in [0.1, 0.15) is 13.8 Å². The quantitative estimate of drug-likeness (QED) is 0.678. The van der Waals surface area contributed by atoms with Gasteiger partial charge >= 0.3 is 0 Å². The Morgan fingerprint density at radius 3 is 2.57 bits per heavy atom. The fourth-order valence-corrected chi connectivity index (χ4v) is 2.84. The van der Waals surface area contributed by atoms with Gasteiger partial charge in [-0.05, 0) is 38.1 Å². The number of carbonyl (C=O) groups excluding carboxylic acids is 3. The highest BCUT2D eigenvalue weighted by Gasteiger charge is 2.43. The number of amides is 3. The minimum Gasteiger partial charge on any atom is -0.318 e. The first-order valence-electron chi connectivity index (χ1n) is 6.34. The topological polar surface area (TPSA) is 66.5 Å². The monoisotopic (exact) mass is 326 g/mol. The highest BCUT2D eigenvalue weighted by atomic mass is 35.5. The van der Waals surface area contributed by atoms with Gasteiger partial charge in [-0.15, -0.1) is 11.8 Å². The first kappa shape index (κ1) is 15.9. The summed E-state index contributed by atoms with van der Waals surface area (Å²) in [5, 5.41) is 2.87. The molecule has 0 unspecified atom stereocenters. The molecule has 1 N–H and O–H groups in total. The molecule has 0 bridgehead atoms. The zero-order valence-electron chi connectivity index (χ0n) is 11.7. The maximum absolute atomic E-state index is 12.3. The largest absolute Gasteiger partial charge is 0.318 e. The van der Waals surface area contributed by atoms with Gasteiger partial charge in [-0.25, -0.2) is 0 Å². The predicted octanol–water partition coefficient (Wildman–Crippen LogP) is 1.70. The number of hydrogen-bond donors (Lipinski definition) is 1. The van der Waals surface area contributed by atoms with Crippen LogP contribution in [0, 0.1) is 0 Å². The minimum atomic E-state index is -1.02. The molecule has 0 radical (unpaired) electrons. The maximum atomic E-state index is 12.3. The zero-order chi connectivity index (χ0) is 15.6. The van der Waals surface area contributed by atoms with Crippen molar-refractivity contribution in [3.05, 3.63) is 29.3 Å². The van der Waals surface area contributed by atoms with Crippen molar-refractivity contribution in [3.8, 4) is 0 Å². The van der Waals surface area contributed by atoms with Crippen LogP contribution >= 0.6 is 23.4 Å². The molecule has 2 rings (SSSR count). The molecule has 21 heavy (non-hydrogen) atoms. The molecule has 7 heteroatoms. The molecule has 0 aromatic heterocycles. The number of benzene rings is 1. The molecule has 0 spiro atoms. The lowest BCUT2D eigenvalue weighted by Crippen LogP contribution is -2.65. The van der Waals surface area contributed by atoms with E-state index in [9.17, 15) is 14.4 Å². The summed E-state index contributed by atoms with van der Waals surface area (Å²) in [5.41, 5.74) is -1.02. The van der Waals surface area contributed by atoms with Gasteiger partial charge in [0.1, 0.15) is 12.1 Å². The van der Waals surface area contributed by atoms with Crippen molar-refractivity contribution in [2.45, 2.75) is 24.3 Å². The fraction of sp³-hybridized carbons (Fsp3) is 0.357. The molecule has 1 aromatic rings. The molecule has 0 aliphatic carbocycles. The van der Waals surface area contributed by atoms with Crippen LogP contribution in [0.15, 0.2) is 29.2 Å². The molecule has 0 atom stereocenters. The van der Waals surface area contributed by atoms with Gasteiger partial charge in [0.25, 0.3) is 5.91 Å². The van der Waals surface area contributed by atoms with Crippen LogP contribution in [0.25, 0.3) is 0 Å². The van der Waals surface area contributed by atoms with Crippen LogP contribution in [-0.2, 0) is 14.4 Å². The van der Waals surface area contributed by atoms with Gasteiger partial charge in [0.15, 0.2) is 0 Å². The molecule has 3 amide bonds. The summed E-state index contributed by atoms with van der Waals surface area (Å²) in [6.45, 7) is 3.15. The van der Waals surface area contributed by atoms with E-state index in [1.807, 2.05) is 12.1 Å². The first-order chi connectivity index (χ1) is 9.80. The van der Waals surface area contributed by atoms with Crippen molar-refractivity contribution in [1.29, 1.82) is 0 Å². The summed E-state index contributed by atoms with van der Waals surface area (Å²) < 4.78 is 0. The number of hydrogen-bond acceptors (Lipinski definition) is 4. The number of halogens is 1. The Balaban J connectivity index is 2.03. The lowest BCUT2D eigenvalue weighted by atomic mass is 9.99. The summed E-state index contributed by atoms with van der Waals surface area (Å²) in [5.74, 6) is -0.998. The Kier molecular flexibility index (Phi) is 4.58. The zero-order valence-corrected chi connectivity index (χ0v) is 13.3. The van der Waals surface area contributed by atoms with E-state index in [0.29, 0.717) is 5.02 Å². The van der Waals surface area contributed by atoms with E-state index < -0.39 is 17.4 Å². The third kappa shape index (κ3) is 3.57. The molecule has 1 aromatic carbocycles. The molecule has 112 valence electrons. The van der Waals surface area contributed by atoms with Gasteiger partial charge in [0, 0.05) is 9.92 Å². The Morgan fingerprint density at radius 2 is 1.95 bits per heavy atom. The average molecular weight is 327 g/mol. The second kappa shape index (κ2) is 6.07. The second-order valence-electron chi connectivity index (χ2n) is 5.16. The van der Waals surface area contributed by atoms with Gasteiger partial charge in [0.05, 0.1) is 5.75 Å². The molecule has 1 aliphatic heterocycles. The van der Waals surface area contributed by atoms with Crippen molar-refractivity contribution in [2.24, 2.45) is 0 Å². The molecular weight excluding hydrogens is 312 g/mol. The van der Waals surface area contributed by atoms with Crippen LogP contribution in [0.5, 0.6) is 0 Å². The highest BCUT2D eigenvalue weighted by molar-refractivity contribution is 8.00. The molecule has 1 fully saturated rings. The fourth-order valence-electron chi connectivity index (χ4n) is 1.94. The van der Waals surface area contributed by atoms with Gasteiger partial charge in [-0.1, -0.05) is 11.6 Å². The van der Waals surface area contributed by atoms with Crippen molar-refractivity contribution in [1.82, 2.24) is 10.2 Å². The predicted molar refractivity (Wildman–Crippen MR) is 81.1 cm³/mol. The highest BCUT2D eigenvalue weighted by Crippen LogP contribution is 2.24. The Hall–Kier alpha value is -1.53. The molecule has 1 heterocycles. The van der Waals surface area contributed by atoms with E-state index in [1.54, 1.807) is 26.0 Å². The lowest BCUT2D eigenvalue weighted by Gasteiger charge is -2.40. The van der Waals surface area contributed by atoms with Gasteiger partial charge < -0.3 is 4.90 Å². The maximum Gasteiger partial charge on any atom is 0.252 e. The van der Waals surface area contributed by atoms with Crippen LogP contribution in [-0.4, -0.2) is 40.5 Å². The van der Waals surface area contributed by atoms with E-state index in [-0.39, 0.29) is 18.2 Å². The molecule has 0 saturated carbocycles. The van der Waals surface area contributed by atoms with Crippen molar-refractivity contribution in [2.75, 3.05) is 12.3 Å². The third-order valence-corrected chi connectivity index (χ3v) is 4.51. The van der Waals surface area contributed by atoms with Crippen molar-refractivity contribution >= 4 is 41.1 Å². The average Bonchev–Trinajstić information content (AvgIpc) is 2.42. The molecule has 1 aliphatic rings. The number of nitrogens with zero attached hydrogens (tertiary/aromatic N) is 1. The van der Waals surface area contributed by atoms with Crippen LogP contribution in [0.2, 0.25) is 5.02 Å². The third-order valence-electron chi connectivity index (χ3n) is 3.26. The number of carbonyl (C=O) groups is 3. The van der Waals surface area contributed by atoms with E-state index >= 15 is 0 Å². The Morgan fingerprint density at radius 1 is 1.33 bits per heavy atom. The van der Waals surface area contributed by atoms with Gasteiger partial charge in [0.2, 0.25) is 11.8 Å². The van der Waals surface area contributed by atoms with Gasteiger partial charge in [-0.3, -0.25) is 19.7 Å². The normalized spacial score (nSPS) is 17.6. The smallest absolute Gasteiger partial charge is 0.252 e. The first-order valence-corrected chi connectivity index (χ1v) is 7.70. The van der Waals surface area contributed by atoms with E-state index in [2.05, 4.69) is 5.32 Å². The number of nitrogens with one attached hydrogen (secondary N) is 1. The van der Waals surface area contributed by atoms with E-state index in [1.165, 1.54) is 16.7 Å². The lowest BCUT2D eigenvalue weighted by molar-refractivity contribution is -0.154. The summed E-state index contributed by atoms with van der Waals surface area (Å²) in [6, 6.07) is 7.13. The van der Waals surface area contributed by atoms with Crippen LogP contribution in [0.3, 0.4) is 0 Å². The molecule has 5 nitrogen and oxygen atoms in total. The van der Waals surface area contributed by atoms with Crippen molar-refractivity contribution in [3.63, 3.8) is 0 Å². The number of thioether (sulfide) groups is 1. The molecular formula is C14H15ClN2O3S.